The van der Waals surface area contributed by atoms with Gasteiger partial charge in [-0.15, -0.1) is 11.8 Å². The van der Waals surface area contributed by atoms with Gasteiger partial charge in [0.05, 0.1) is 5.75 Å². The monoisotopic (exact) mass is 429 g/mol. The Labute approximate surface area is 181 Å². The van der Waals surface area contributed by atoms with Crippen LogP contribution in [0.5, 0.6) is 0 Å². The van der Waals surface area contributed by atoms with Crippen molar-refractivity contribution in [3.8, 4) is 0 Å². The predicted molar refractivity (Wildman–Crippen MR) is 120 cm³/mol. The normalized spacial score (nSPS) is 15.0. The molecule has 0 atom stereocenters. The second kappa shape index (κ2) is 10.6. The summed E-state index contributed by atoms with van der Waals surface area (Å²) in [4.78, 5) is 28.9. The van der Waals surface area contributed by atoms with E-state index in [0.717, 1.165) is 31.5 Å². The fourth-order valence-electron chi connectivity index (χ4n) is 3.49. The molecule has 1 N–H and O–H groups in total. The van der Waals surface area contributed by atoms with Gasteiger partial charge in [-0.05, 0) is 74.9 Å². The molecule has 0 saturated carbocycles. The minimum Gasteiger partial charge on any atom is -0.339 e. The summed E-state index contributed by atoms with van der Waals surface area (Å²) in [6.07, 6.45) is 2.01. The predicted octanol–water partition coefficient (Wildman–Crippen LogP) is 3.86. The van der Waals surface area contributed by atoms with Gasteiger partial charge in [0.2, 0.25) is 5.91 Å². The van der Waals surface area contributed by atoms with Gasteiger partial charge in [0.1, 0.15) is 5.82 Å². The highest BCUT2D eigenvalue weighted by molar-refractivity contribution is 7.99. The third-order valence-corrected chi connectivity index (χ3v) is 6.39. The molecule has 0 radical (unpaired) electrons. The first-order valence-corrected chi connectivity index (χ1v) is 11.3. The number of hydrogen-bond acceptors (Lipinski definition) is 4. The van der Waals surface area contributed by atoms with E-state index in [1.54, 1.807) is 0 Å². The molecule has 30 heavy (non-hydrogen) atoms. The van der Waals surface area contributed by atoms with E-state index in [-0.39, 0.29) is 17.6 Å². The molecule has 1 fully saturated rings. The fraction of sp³-hybridized carbons (Fsp3) is 0.391. The molecule has 1 saturated heterocycles. The first-order chi connectivity index (χ1) is 14.4. The van der Waals surface area contributed by atoms with E-state index in [9.17, 15) is 14.0 Å². The number of halogens is 1. The summed E-state index contributed by atoms with van der Waals surface area (Å²) in [5.74, 6) is 0.579. The first-order valence-electron chi connectivity index (χ1n) is 10.1. The zero-order chi connectivity index (χ0) is 21.5. The molecule has 2 aromatic carbocycles. The van der Waals surface area contributed by atoms with Gasteiger partial charge in [-0.1, -0.05) is 12.1 Å². The van der Waals surface area contributed by atoms with Crippen molar-refractivity contribution in [2.24, 2.45) is 0 Å². The van der Waals surface area contributed by atoms with Gasteiger partial charge in [-0.3, -0.25) is 9.59 Å². The van der Waals surface area contributed by atoms with E-state index in [1.807, 2.05) is 36.2 Å². The SMILES string of the molecule is CN1CCC(N(C)C(=O)c2ccc(CSCC(=O)Nc3ccc(F)cc3)cc2)CC1. The van der Waals surface area contributed by atoms with Crippen LogP contribution in [0.3, 0.4) is 0 Å². The maximum absolute atomic E-state index is 12.9. The van der Waals surface area contributed by atoms with Crippen LogP contribution in [0.15, 0.2) is 48.5 Å². The maximum Gasteiger partial charge on any atom is 0.253 e. The van der Waals surface area contributed by atoms with Crippen molar-refractivity contribution >= 4 is 29.3 Å². The molecule has 2 amide bonds. The molecule has 160 valence electrons. The van der Waals surface area contributed by atoms with Gasteiger partial charge in [0.15, 0.2) is 0 Å². The van der Waals surface area contributed by atoms with Gasteiger partial charge in [-0.2, -0.15) is 0 Å². The Balaban J connectivity index is 1.44. The van der Waals surface area contributed by atoms with Crippen molar-refractivity contribution < 1.29 is 14.0 Å². The number of likely N-dealkylation sites (tertiary alicyclic amines) is 1. The number of carbonyl (C=O) groups excluding carboxylic acids is 2. The Morgan fingerprint density at radius 2 is 1.73 bits per heavy atom. The summed E-state index contributed by atoms with van der Waals surface area (Å²) < 4.78 is 12.9. The summed E-state index contributed by atoms with van der Waals surface area (Å²) in [7, 11) is 4.00. The van der Waals surface area contributed by atoms with Gasteiger partial charge >= 0.3 is 0 Å². The lowest BCUT2D eigenvalue weighted by Gasteiger charge is -2.35. The summed E-state index contributed by atoms with van der Waals surface area (Å²) in [6, 6.07) is 13.6. The number of rotatable bonds is 7. The molecule has 1 aliphatic rings. The van der Waals surface area contributed by atoms with Gasteiger partial charge < -0.3 is 15.1 Å². The van der Waals surface area contributed by atoms with Crippen LogP contribution < -0.4 is 5.32 Å². The van der Waals surface area contributed by atoms with Crippen molar-refractivity contribution in [3.63, 3.8) is 0 Å². The average molecular weight is 430 g/mol. The Morgan fingerprint density at radius 1 is 1.10 bits per heavy atom. The van der Waals surface area contributed by atoms with Crippen LogP contribution in [0.1, 0.15) is 28.8 Å². The third-order valence-electron chi connectivity index (χ3n) is 5.39. The van der Waals surface area contributed by atoms with Crippen molar-refractivity contribution in [3.05, 3.63) is 65.5 Å². The number of anilines is 1. The van der Waals surface area contributed by atoms with Crippen molar-refractivity contribution in [2.45, 2.75) is 24.6 Å². The molecule has 2 aromatic rings. The second-order valence-corrected chi connectivity index (χ2v) is 8.68. The topological polar surface area (TPSA) is 52.7 Å². The van der Waals surface area contributed by atoms with Crippen LogP contribution in [-0.2, 0) is 10.5 Å². The lowest BCUT2D eigenvalue weighted by atomic mass is 10.0. The Kier molecular flexibility index (Phi) is 7.87. The zero-order valence-corrected chi connectivity index (χ0v) is 18.3. The van der Waals surface area contributed by atoms with E-state index in [4.69, 9.17) is 0 Å². The molecule has 0 aliphatic carbocycles. The average Bonchev–Trinajstić information content (AvgIpc) is 2.75. The lowest BCUT2D eigenvalue weighted by molar-refractivity contribution is -0.113. The van der Waals surface area contributed by atoms with Crippen molar-refractivity contribution in [1.82, 2.24) is 9.80 Å². The molecular weight excluding hydrogens is 401 g/mol. The molecule has 0 bridgehead atoms. The zero-order valence-electron chi connectivity index (χ0n) is 17.4. The molecule has 3 rings (SSSR count). The largest absolute Gasteiger partial charge is 0.339 e. The molecule has 1 heterocycles. The minimum absolute atomic E-state index is 0.0578. The smallest absolute Gasteiger partial charge is 0.253 e. The molecule has 5 nitrogen and oxygen atoms in total. The summed E-state index contributed by atoms with van der Waals surface area (Å²) in [5, 5.41) is 2.75. The van der Waals surface area contributed by atoms with Crippen LogP contribution in [0.4, 0.5) is 10.1 Å². The maximum atomic E-state index is 12.9. The number of amides is 2. The van der Waals surface area contributed by atoms with Gasteiger partial charge in [0, 0.05) is 30.1 Å². The molecule has 0 aromatic heterocycles. The highest BCUT2D eigenvalue weighted by Crippen LogP contribution is 2.19. The van der Waals surface area contributed by atoms with Crippen LogP contribution in [0, 0.1) is 5.82 Å². The van der Waals surface area contributed by atoms with E-state index < -0.39 is 0 Å². The first kappa shape index (κ1) is 22.3. The number of nitrogens with zero attached hydrogens (tertiary/aromatic N) is 2. The minimum atomic E-state index is -0.332. The Hall–Kier alpha value is -2.38. The second-order valence-electron chi connectivity index (χ2n) is 7.70. The quantitative estimate of drug-likeness (QED) is 0.726. The number of carbonyl (C=O) groups is 2. The molecule has 0 spiro atoms. The van der Waals surface area contributed by atoms with Gasteiger partial charge in [0.25, 0.3) is 5.91 Å². The van der Waals surface area contributed by atoms with Crippen LogP contribution in [-0.4, -0.2) is 60.6 Å². The van der Waals surface area contributed by atoms with E-state index in [1.165, 1.54) is 36.0 Å². The van der Waals surface area contributed by atoms with Crippen LogP contribution >= 0.6 is 11.8 Å². The highest BCUT2D eigenvalue weighted by atomic mass is 32.2. The Bertz CT molecular complexity index is 850. The summed E-state index contributed by atoms with van der Waals surface area (Å²) in [5.41, 5.74) is 2.34. The summed E-state index contributed by atoms with van der Waals surface area (Å²) in [6.45, 7) is 2.04. The van der Waals surface area contributed by atoms with Crippen LogP contribution in [0.2, 0.25) is 0 Å². The van der Waals surface area contributed by atoms with Crippen molar-refractivity contribution in [2.75, 3.05) is 38.3 Å². The molecular formula is C23H28FN3O2S. The number of benzene rings is 2. The molecule has 7 heteroatoms. The summed E-state index contributed by atoms with van der Waals surface area (Å²) >= 11 is 1.49. The number of hydrogen-bond donors (Lipinski definition) is 1. The third kappa shape index (κ3) is 6.31. The Morgan fingerprint density at radius 3 is 2.37 bits per heavy atom. The lowest BCUT2D eigenvalue weighted by Crippen LogP contribution is -2.44. The number of piperidine rings is 1. The molecule has 1 aliphatic heterocycles. The fourth-order valence-corrected chi connectivity index (χ4v) is 4.27. The molecule has 0 unspecified atom stereocenters. The van der Waals surface area contributed by atoms with Gasteiger partial charge in [-0.25, -0.2) is 4.39 Å². The van der Waals surface area contributed by atoms with Crippen molar-refractivity contribution in [1.29, 1.82) is 0 Å². The van der Waals surface area contributed by atoms with E-state index in [0.29, 0.717) is 28.8 Å². The number of nitrogens with one attached hydrogen (secondary N) is 1. The van der Waals surface area contributed by atoms with E-state index >= 15 is 0 Å². The van der Waals surface area contributed by atoms with E-state index in [2.05, 4.69) is 17.3 Å². The highest BCUT2D eigenvalue weighted by Gasteiger charge is 2.24. The standard InChI is InChI=1S/C23H28FN3O2S/c1-26-13-11-21(12-14-26)27(2)23(29)18-5-3-17(4-6-18)15-30-16-22(28)25-20-9-7-19(24)8-10-20/h3-10,21H,11-16H2,1-2H3,(H,25,28). The number of thioether (sulfide) groups is 1. The van der Waals surface area contributed by atoms with Crippen LogP contribution in [0.25, 0.3) is 0 Å².